The number of rotatable bonds is 7. The number of halogens is 1. The zero-order chi connectivity index (χ0) is 19.6. The molecule has 2 N–H and O–H groups in total. The fourth-order valence-electron chi connectivity index (χ4n) is 3.02. The Morgan fingerprint density at radius 3 is 2.65 bits per heavy atom. The highest BCUT2D eigenvalue weighted by Gasteiger charge is 2.38. The van der Waals surface area contributed by atoms with Gasteiger partial charge in [0.25, 0.3) is 0 Å². The van der Waals surface area contributed by atoms with Gasteiger partial charge >= 0.3 is 13.1 Å². The number of hydrogen-bond donors (Lipinski definition) is 2. The Morgan fingerprint density at radius 2 is 2.08 bits per heavy atom. The van der Waals surface area contributed by atoms with E-state index in [9.17, 15) is 32.5 Å². The number of carboxylic acids is 1. The Labute approximate surface area is 151 Å². The molecule has 1 aliphatic rings. The summed E-state index contributed by atoms with van der Waals surface area (Å²) >= 11 is 0. The van der Waals surface area contributed by atoms with E-state index in [-0.39, 0.29) is 59.7 Å². The first-order valence-electron chi connectivity index (χ1n) is 8.09. The number of carboxylic acid groups (broad SMARTS) is 1. The van der Waals surface area contributed by atoms with Crippen LogP contribution in [0.5, 0.6) is 5.75 Å². The highest BCUT2D eigenvalue weighted by atomic mass is 32.2. The van der Waals surface area contributed by atoms with Gasteiger partial charge in [0.05, 0.1) is 5.75 Å². The Hall–Kier alpha value is -1.94. The van der Waals surface area contributed by atoms with E-state index in [1.807, 2.05) is 0 Å². The van der Waals surface area contributed by atoms with Crippen LogP contribution in [-0.4, -0.2) is 49.4 Å². The maximum absolute atomic E-state index is 14.0. The number of carbonyl (C=O) groups is 2. The zero-order valence-electron chi connectivity index (χ0n) is 14.5. The minimum Gasteiger partial charge on any atom is -0.535 e. The van der Waals surface area contributed by atoms with E-state index in [2.05, 4.69) is 0 Å². The quantitative estimate of drug-likeness (QED) is 0.680. The Kier molecular flexibility index (Phi) is 6.07. The first-order chi connectivity index (χ1) is 12.0. The van der Waals surface area contributed by atoms with Crippen LogP contribution in [0, 0.1) is 12.7 Å². The molecule has 1 aliphatic heterocycles. The normalized spacial score (nSPS) is 16.8. The number of carbonyl (C=O) groups excluding carboxylic acids is 1. The van der Waals surface area contributed by atoms with Crippen LogP contribution in [0.1, 0.15) is 40.7 Å². The maximum Gasteiger partial charge on any atom is 0.526 e. The molecular weight excluding hydrogens is 366 g/mol. The molecule has 0 aliphatic carbocycles. The van der Waals surface area contributed by atoms with Crippen molar-refractivity contribution >= 4 is 28.7 Å². The number of benzene rings is 1. The molecule has 1 aromatic carbocycles. The fraction of sp³-hybridized carbons (Fsp3) is 0.500. The second-order valence-corrected chi connectivity index (χ2v) is 8.86. The number of Topliss-reactive ketones (excluding diaryl/α,β-unsaturated/α-hetero) is 1. The molecule has 1 aromatic rings. The van der Waals surface area contributed by atoms with E-state index in [4.69, 9.17) is 4.65 Å². The molecule has 0 bridgehead atoms. The summed E-state index contributed by atoms with van der Waals surface area (Å²) in [4.78, 5) is 23.4. The summed E-state index contributed by atoms with van der Waals surface area (Å²) in [5.41, 5.74) is -0.138. The van der Waals surface area contributed by atoms with Gasteiger partial charge in [-0.3, -0.25) is 4.79 Å². The van der Waals surface area contributed by atoms with Gasteiger partial charge in [-0.25, -0.2) is 17.6 Å². The summed E-state index contributed by atoms with van der Waals surface area (Å²) < 4.78 is 41.4. The first-order valence-corrected chi connectivity index (χ1v) is 10.1. The molecule has 0 saturated heterocycles. The van der Waals surface area contributed by atoms with Crippen molar-refractivity contribution in [3.8, 4) is 5.75 Å². The molecule has 0 spiro atoms. The number of hydrogen-bond acceptors (Lipinski definition) is 6. The molecule has 0 saturated carbocycles. The predicted molar refractivity (Wildman–Crippen MR) is 92.7 cm³/mol. The van der Waals surface area contributed by atoms with Crippen molar-refractivity contribution < 1.29 is 37.2 Å². The third-order valence-electron chi connectivity index (χ3n) is 4.35. The van der Waals surface area contributed by atoms with Crippen LogP contribution in [0.2, 0.25) is 5.82 Å². The van der Waals surface area contributed by atoms with Crippen LogP contribution in [0.4, 0.5) is 4.39 Å². The van der Waals surface area contributed by atoms with Crippen molar-refractivity contribution in [3.63, 3.8) is 0 Å². The molecule has 1 atom stereocenters. The first kappa shape index (κ1) is 20.4. The largest absolute Gasteiger partial charge is 0.535 e. The van der Waals surface area contributed by atoms with Crippen LogP contribution in [-0.2, 0) is 21.1 Å². The Morgan fingerprint density at radius 1 is 1.42 bits per heavy atom. The summed E-state index contributed by atoms with van der Waals surface area (Å²) in [5.74, 6) is -3.13. The lowest BCUT2D eigenvalue weighted by molar-refractivity contribution is -0.119. The van der Waals surface area contributed by atoms with E-state index in [0.717, 1.165) is 12.3 Å². The molecule has 2 rings (SSSR count). The van der Waals surface area contributed by atoms with Crippen LogP contribution >= 0.6 is 0 Å². The lowest BCUT2D eigenvalue weighted by Gasteiger charge is -2.28. The SMILES string of the molecule is Cc1c(F)cc2c(c1C(=O)O)OB(O)[C@@H](CC(=O)CCCS(C)(=O)=O)C2. The molecule has 0 aromatic heterocycles. The maximum atomic E-state index is 14.0. The molecule has 142 valence electrons. The van der Waals surface area contributed by atoms with Crippen molar-refractivity contribution in [1.82, 2.24) is 0 Å². The number of fused-ring (bicyclic) bond motifs is 1. The van der Waals surface area contributed by atoms with Gasteiger partial charge in [-0.2, -0.15) is 0 Å². The lowest BCUT2D eigenvalue weighted by Crippen LogP contribution is -2.36. The summed E-state index contributed by atoms with van der Waals surface area (Å²) in [6, 6.07) is 1.16. The summed E-state index contributed by atoms with van der Waals surface area (Å²) in [6.45, 7) is 1.31. The van der Waals surface area contributed by atoms with Crippen LogP contribution in [0.25, 0.3) is 0 Å². The molecular formula is C16H20BFO7S. The van der Waals surface area contributed by atoms with E-state index >= 15 is 0 Å². The fourth-order valence-corrected chi connectivity index (χ4v) is 3.69. The molecule has 26 heavy (non-hydrogen) atoms. The lowest BCUT2D eigenvalue weighted by atomic mass is 9.64. The minimum atomic E-state index is -3.15. The molecule has 7 nitrogen and oxygen atoms in total. The summed E-state index contributed by atoms with van der Waals surface area (Å²) in [7, 11) is -4.55. The molecule has 0 fully saturated rings. The van der Waals surface area contributed by atoms with Gasteiger partial charge in [-0.05, 0) is 31.4 Å². The smallest absolute Gasteiger partial charge is 0.526 e. The van der Waals surface area contributed by atoms with E-state index < -0.39 is 34.6 Å². The van der Waals surface area contributed by atoms with Crippen molar-refractivity contribution in [3.05, 3.63) is 28.6 Å². The second-order valence-electron chi connectivity index (χ2n) is 6.60. The molecule has 0 amide bonds. The highest BCUT2D eigenvalue weighted by molar-refractivity contribution is 7.90. The molecule has 0 unspecified atom stereocenters. The van der Waals surface area contributed by atoms with Crippen molar-refractivity contribution in [2.45, 2.75) is 38.4 Å². The third-order valence-corrected chi connectivity index (χ3v) is 5.38. The number of ketones is 1. The van der Waals surface area contributed by atoms with Gasteiger partial charge in [0.2, 0.25) is 0 Å². The Balaban J connectivity index is 2.12. The predicted octanol–water partition coefficient (Wildman–Crippen LogP) is 1.40. The van der Waals surface area contributed by atoms with Gasteiger partial charge in [-0.1, -0.05) is 0 Å². The summed E-state index contributed by atoms with van der Waals surface area (Å²) in [6.07, 6.45) is 1.35. The third kappa shape index (κ3) is 4.82. The molecule has 10 heteroatoms. The minimum absolute atomic E-state index is 0.0474. The van der Waals surface area contributed by atoms with Crippen molar-refractivity contribution in [1.29, 1.82) is 0 Å². The average Bonchev–Trinajstić information content (AvgIpc) is 2.48. The number of sulfone groups is 1. The highest BCUT2D eigenvalue weighted by Crippen LogP contribution is 2.38. The van der Waals surface area contributed by atoms with Gasteiger partial charge in [0.15, 0.2) is 0 Å². The van der Waals surface area contributed by atoms with Gasteiger partial charge in [-0.15, -0.1) is 0 Å². The summed E-state index contributed by atoms with van der Waals surface area (Å²) in [5, 5.41) is 19.4. The van der Waals surface area contributed by atoms with E-state index in [1.165, 1.54) is 6.92 Å². The van der Waals surface area contributed by atoms with E-state index in [1.54, 1.807) is 0 Å². The van der Waals surface area contributed by atoms with Crippen molar-refractivity contribution in [2.75, 3.05) is 12.0 Å². The van der Waals surface area contributed by atoms with Gasteiger partial charge in [0.1, 0.15) is 32.8 Å². The van der Waals surface area contributed by atoms with Crippen LogP contribution in [0.15, 0.2) is 6.07 Å². The molecule has 0 radical (unpaired) electrons. The average molecular weight is 386 g/mol. The Bertz CT molecular complexity index is 837. The number of aromatic carboxylic acids is 1. The van der Waals surface area contributed by atoms with Crippen LogP contribution < -0.4 is 4.65 Å². The monoisotopic (exact) mass is 386 g/mol. The van der Waals surface area contributed by atoms with Crippen molar-refractivity contribution in [2.24, 2.45) is 0 Å². The van der Waals surface area contributed by atoms with Gasteiger partial charge in [0, 0.05) is 30.5 Å². The van der Waals surface area contributed by atoms with Crippen LogP contribution in [0.3, 0.4) is 0 Å². The van der Waals surface area contributed by atoms with Gasteiger partial charge < -0.3 is 14.8 Å². The zero-order valence-corrected chi connectivity index (χ0v) is 15.3. The second kappa shape index (κ2) is 7.75. The molecule has 1 heterocycles. The van der Waals surface area contributed by atoms with E-state index in [0.29, 0.717) is 0 Å². The standard InChI is InChI=1S/C16H20BFO7S/c1-9-13(18)7-10-6-11(8-12(19)4-3-5-26(2,23)24)17(22)25-15(10)14(9)16(20)21/h7,11,22H,3-6,8H2,1-2H3,(H,20,21)/t11-/m1/s1. The topological polar surface area (TPSA) is 118 Å².